The molecule has 1 atom stereocenters. The molecule has 1 N–H and O–H groups in total. The lowest BCUT2D eigenvalue weighted by Gasteiger charge is -2.30. The third-order valence-corrected chi connectivity index (χ3v) is 6.04. The van der Waals surface area contributed by atoms with E-state index in [4.69, 9.17) is 0 Å². The Morgan fingerprint density at radius 3 is 2.37 bits per heavy atom. The summed E-state index contributed by atoms with van der Waals surface area (Å²) < 4.78 is 0. The standard InChI is InChI=1S/C25H34N2O2S/c1-4-17-26-25(29)23(5-2)27(18-15-21-9-7-6-8-10-21)24(28)16-19-30-22-13-11-20(3)12-14-22/h6-14,23H,4-5,15-19H2,1-3H3,(H,26,29)/t23-/m0/s1. The number of rotatable bonds is 12. The molecular formula is C25H34N2O2S. The van der Waals surface area contributed by atoms with E-state index in [2.05, 4.69) is 48.6 Å². The summed E-state index contributed by atoms with van der Waals surface area (Å²) in [6, 6.07) is 18.1. The van der Waals surface area contributed by atoms with Crippen molar-refractivity contribution in [3.8, 4) is 0 Å². The van der Waals surface area contributed by atoms with Crippen LogP contribution in [-0.4, -0.2) is 41.6 Å². The van der Waals surface area contributed by atoms with E-state index in [0.29, 0.717) is 31.7 Å². The van der Waals surface area contributed by atoms with Crippen LogP contribution < -0.4 is 5.32 Å². The van der Waals surface area contributed by atoms with Gasteiger partial charge in [0, 0.05) is 30.2 Å². The zero-order valence-electron chi connectivity index (χ0n) is 18.4. The average Bonchev–Trinajstić information content (AvgIpc) is 2.77. The maximum absolute atomic E-state index is 13.1. The lowest BCUT2D eigenvalue weighted by Crippen LogP contribution is -2.50. The van der Waals surface area contributed by atoms with Crippen molar-refractivity contribution in [1.82, 2.24) is 10.2 Å². The van der Waals surface area contributed by atoms with Crippen LogP contribution in [0.4, 0.5) is 0 Å². The number of benzene rings is 2. The molecular weight excluding hydrogens is 392 g/mol. The van der Waals surface area contributed by atoms with Crippen molar-refractivity contribution in [3.63, 3.8) is 0 Å². The lowest BCUT2D eigenvalue weighted by molar-refractivity contribution is -0.140. The Bertz CT molecular complexity index is 777. The molecule has 30 heavy (non-hydrogen) atoms. The highest BCUT2D eigenvalue weighted by Crippen LogP contribution is 2.20. The van der Waals surface area contributed by atoms with Crippen LogP contribution in [0.2, 0.25) is 0 Å². The van der Waals surface area contributed by atoms with Gasteiger partial charge in [-0.3, -0.25) is 9.59 Å². The van der Waals surface area contributed by atoms with Crippen LogP contribution in [0.1, 0.15) is 44.2 Å². The predicted molar refractivity (Wildman–Crippen MR) is 126 cm³/mol. The van der Waals surface area contributed by atoms with Crippen LogP contribution >= 0.6 is 11.8 Å². The number of amides is 2. The van der Waals surface area contributed by atoms with Gasteiger partial charge in [-0.1, -0.05) is 61.9 Å². The van der Waals surface area contributed by atoms with Crippen molar-refractivity contribution in [1.29, 1.82) is 0 Å². The van der Waals surface area contributed by atoms with E-state index in [-0.39, 0.29) is 11.8 Å². The lowest BCUT2D eigenvalue weighted by atomic mass is 10.1. The van der Waals surface area contributed by atoms with Gasteiger partial charge in [-0.2, -0.15) is 0 Å². The Kier molecular flexibility index (Phi) is 10.5. The van der Waals surface area contributed by atoms with E-state index in [1.54, 1.807) is 16.7 Å². The molecule has 0 aromatic heterocycles. The van der Waals surface area contributed by atoms with E-state index < -0.39 is 6.04 Å². The zero-order chi connectivity index (χ0) is 21.8. The Hall–Kier alpha value is -2.27. The van der Waals surface area contributed by atoms with Crippen LogP contribution in [0.15, 0.2) is 59.5 Å². The molecule has 0 bridgehead atoms. The molecule has 0 saturated carbocycles. The van der Waals surface area contributed by atoms with Gasteiger partial charge >= 0.3 is 0 Å². The topological polar surface area (TPSA) is 49.4 Å². The van der Waals surface area contributed by atoms with Crippen molar-refractivity contribution in [3.05, 3.63) is 65.7 Å². The van der Waals surface area contributed by atoms with Crippen LogP contribution in [-0.2, 0) is 16.0 Å². The predicted octanol–water partition coefficient (Wildman–Crippen LogP) is 4.85. The fourth-order valence-electron chi connectivity index (χ4n) is 3.30. The zero-order valence-corrected chi connectivity index (χ0v) is 19.2. The number of nitrogens with one attached hydrogen (secondary N) is 1. The van der Waals surface area contributed by atoms with Gasteiger partial charge in [0.25, 0.3) is 0 Å². The molecule has 0 fully saturated rings. The van der Waals surface area contributed by atoms with E-state index in [0.717, 1.165) is 17.7 Å². The Morgan fingerprint density at radius 2 is 1.73 bits per heavy atom. The number of aryl methyl sites for hydroxylation is 1. The van der Waals surface area contributed by atoms with Gasteiger partial charge < -0.3 is 10.2 Å². The summed E-state index contributed by atoms with van der Waals surface area (Å²) in [6.07, 6.45) is 2.66. The molecule has 0 saturated heterocycles. The molecule has 0 radical (unpaired) electrons. The SMILES string of the molecule is CCCNC(=O)[C@H](CC)N(CCc1ccccc1)C(=O)CCSc1ccc(C)cc1. The molecule has 0 aliphatic rings. The summed E-state index contributed by atoms with van der Waals surface area (Å²) in [5.74, 6) is 0.701. The fraction of sp³-hybridized carbons (Fsp3) is 0.440. The van der Waals surface area contributed by atoms with Crippen molar-refractivity contribution in [2.24, 2.45) is 0 Å². The van der Waals surface area contributed by atoms with Crippen molar-refractivity contribution < 1.29 is 9.59 Å². The first-order chi connectivity index (χ1) is 14.5. The Morgan fingerprint density at radius 1 is 1.03 bits per heavy atom. The third kappa shape index (κ3) is 7.86. The van der Waals surface area contributed by atoms with Gasteiger partial charge in [-0.25, -0.2) is 0 Å². The molecule has 0 aliphatic carbocycles. The van der Waals surface area contributed by atoms with Gasteiger partial charge in [0.15, 0.2) is 0 Å². The minimum Gasteiger partial charge on any atom is -0.354 e. The number of hydrogen-bond donors (Lipinski definition) is 1. The highest BCUT2D eigenvalue weighted by atomic mass is 32.2. The number of hydrogen-bond acceptors (Lipinski definition) is 3. The summed E-state index contributed by atoms with van der Waals surface area (Å²) in [5, 5.41) is 2.97. The van der Waals surface area contributed by atoms with E-state index >= 15 is 0 Å². The minimum absolute atomic E-state index is 0.0454. The first-order valence-corrected chi connectivity index (χ1v) is 11.8. The summed E-state index contributed by atoms with van der Waals surface area (Å²) in [4.78, 5) is 28.8. The van der Waals surface area contributed by atoms with Gasteiger partial charge in [-0.15, -0.1) is 11.8 Å². The average molecular weight is 427 g/mol. The van der Waals surface area contributed by atoms with Crippen LogP contribution in [0.3, 0.4) is 0 Å². The molecule has 2 aromatic rings. The number of carbonyl (C=O) groups excluding carboxylic acids is 2. The molecule has 4 nitrogen and oxygen atoms in total. The normalized spacial score (nSPS) is 11.7. The quantitative estimate of drug-likeness (QED) is 0.494. The van der Waals surface area contributed by atoms with E-state index in [9.17, 15) is 9.59 Å². The Balaban J connectivity index is 2.02. The van der Waals surface area contributed by atoms with Crippen molar-refractivity contribution in [2.75, 3.05) is 18.8 Å². The molecule has 5 heteroatoms. The summed E-state index contributed by atoms with van der Waals surface area (Å²) >= 11 is 1.68. The first kappa shape index (κ1) is 24.0. The Labute approximate surface area is 185 Å². The largest absolute Gasteiger partial charge is 0.354 e. The molecule has 162 valence electrons. The summed E-state index contributed by atoms with van der Waals surface area (Å²) in [5.41, 5.74) is 2.40. The van der Waals surface area contributed by atoms with Crippen molar-refractivity contribution in [2.45, 2.75) is 57.4 Å². The maximum atomic E-state index is 13.1. The molecule has 2 aromatic carbocycles. The molecule has 0 unspecified atom stereocenters. The maximum Gasteiger partial charge on any atom is 0.242 e. The third-order valence-electron chi connectivity index (χ3n) is 5.02. The molecule has 0 aliphatic heterocycles. The summed E-state index contributed by atoms with van der Waals surface area (Å²) in [7, 11) is 0. The van der Waals surface area contributed by atoms with Gasteiger partial charge in [-0.05, 0) is 43.9 Å². The smallest absolute Gasteiger partial charge is 0.242 e. The van der Waals surface area contributed by atoms with Crippen LogP contribution in [0.5, 0.6) is 0 Å². The second-order valence-corrected chi connectivity index (χ2v) is 8.62. The molecule has 2 amide bonds. The molecule has 0 heterocycles. The monoisotopic (exact) mass is 426 g/mol. The first-order valence-electron chi connectivity index (χ1n) is 10.9. The van der Waals surface area contributed by atoms with Gasteiger partial charge in [0.2, 0.25) is 11.8 Å². The second kappa shape index (κ2) is 13.1. The number of thioether (sulfide) groups is 1. The highest BCUT2D eigenvalue weighted by Gasteiger charge is 2.27. The summed E-state index contributed by atoms with van der Waals surface area (Å²) in [6.45, 7) is 7.26. The van der Waals surface area contributed by atoms with Crippen molar-refractivity contribution >= 4 is 23.6 Å². The molecule has 2 rings (SSSR count). The second-order valence-electron chi connectivity index (χ2n) is 7.45. The van der Waals surface area contributed by atoms with E-state index in [1.807, 2.05) is 32.0 Å². The van der Waals surface area contributed by atoms with Crippen LogP contribution in [0, 0.1) is 6.92 Å². The van der Waals surface area contributed by atoms with Gasteiger partial charge in [0.1, 0.15) is 6.04 Å². The fourth-order valence-corrected chi connectivity index (χ4v) is 4.14. The minimum atomic E-state index is -0.419. The highest BCUT2D eigenvalue weighted by molar-refractivity contribution is 7.99. The van der Waals surface area contributed by atoms with E-state index in [1.165, 1.54) is 11.1 Å². The van der Waals surface area contributed by atoms with Gasteiger partial charge in [0.05, 0.1) is 0 Å². The number of carbonyl (C=O) groups is 2. The van der Waals surface area contributed by atoms with Crippen LogP contribution in [0.25, 0.3) is 0 Å². The molecule has 0 spiro atoms. The number of nitrogens with zero attached hydrogens (tertiary/aromatic N) is 1.